The molecular weight excluding hydrogens is 235 g/mol. The molecule has 1 aliphatic carbocycles. The van der Waals surface area contributed by atoms with Crippen molar-refractivity contribution in [1.29, 1.82) is 0 Å². The first-order chi connectivity index (χ1) is 7.78. The molecule has 0 aromatic heterocycles. The molecule has 17 heavy (non-hydrogen) atoms. The molecule has 0 amide bonds. The SMILES string of the molecule is CCC(CC)(C(=O)OC1CC1)[C@@H](N)C(F)(F)F. The van der Waals surface area contributed by atoms with Gasteiger partial charge in [-0.1, -0.05) is 13.8 Å². The Labute approximate surface area is 98.5 Å². The monoisotopic (exact) mass is 253 g/mol. The fourth-order valence-electron chi connectivity index (χ4n) is 1.87. The van der Waals surface area contributed by atoms with Crippen molar-refractivity contribution in [2.45, 2.75) is 57.9 Å². The third-order valence-electron chi connectivity index (χ3n) is 3.41. The number of nitrogens with two attached hydrogens (primary N) is 1. The van der Waals surface area contributed by atoms with Crippen LogP contribution in [-0.2, 0) is 9.53 Å². The van der Waals surface area contributed by atoms with Gasteiger partial charge in [0.2, 0.25) is 0 Å². The molecule has 6 heteroatoms. The zero-order valence-corrected chi connectivity index (χ0v) is 10.0. The first-order valence-electron chi connectivity index (χ1n) is 5.81. The van der Waals surface area contributed by atoms with E-state index in [4.69, 9.17) is 10.5 Å². The highest BCUT2D eigenvalue weighted by molar-refractivity contribution is 5.78. The van der Waals surface area contributed by atoms with Gasteiger partial charge in [0.25, 0.3) is 0 Å². The van der Waals surface area contributed by atoms with Gasteiger partial charge in [0.1, 0.15) is 12.1 Å². The van der Waals surface area contributed by atoms with Crippen LogP contribution in [0.4, 0.5) is 13.2 Å². The van der Waals surface area contributed by atoms with Crippen molar-refractivity contribution < 1.29 is 22.7 Å². The second kappa shape index (κ2) is 4.84. The smallest absolute Gasteiger partial charge is 0.404 e. The Morgan fingerprint density at radius 2 is 1.82 bits per heavy atom. The van der Waals surface area contributed by atoms with Crippen LogP contribution in [0.15, 0.2) is 0 Å². The number of hydrogen-bond donors (Lipinski definition) is 1. The predicted molar refractivity (Wildman–Crippen MR) is 56.2 cm³/mol. The van der Waals surface area contributed by atoms with E-state index < -0.39 is 23.6 Å². The summed E-state index contributed by atoms with van der Waals surface area (Å²) in [4.78, 5) is 11.9. The van der Waals surface area contributed by atoms with E-state index in [1.54, 1.807) is 0 Å². The molecule has 1 fully saturated rings. The highest BCUT2D eigenvalue weighted by Gasteiger charge is 2.55. The summed E-state index contributed by atoms with van der Waals surface area (Å²) in [6.07, 6.45) is -3.28. The number of esters is 1. The van der Waals surface area contributed by atoms with Gasteiger partial charge in [-0.2, -0.15) is 13.2 Å². The molecule has 0 aromatic carbocycles. The molecule has 1 aliphatic rings. The highest BCUT2D eigenvalue weighted by atomic mass is 19.4. The Morgan fingerprint density at radius 3 is 2.12 bits per heavy atom. The number of ether oxygens (including phenoxy) is 1. The average molecular weight is 253 g/mol. The minimum atomic E-state index is -4.59. The maximum absolute atomic E-state index is 12.7. The molecule has 100 valence electrons. The van der Waals surface area contributed by atoms with E-state index in [0.29, 0.717) is 0 Å². The van der Waals surface area contributed by atoms with Crippen LogP contribution in [0.25, 0.3) is 0 Å². The van der Waals surface area contributed by atoms with Crippen LogP contribution < -0.4 is 5.73 Å². The maximum Gasteiger partial charge on any atom is 0.404 e. The average Bonchev–Trinajstić information content (AvgIpc) is 3.03. The van der Waals surface area contributed by atoms with Gasteiger partial charge in [-0.15, -0.1) is 0 Å². The molecule has 2 N–H and O–H groups in total. The lowest BCUT2D eigenvalue weighted by Gasteiger charge is -2.35. The van der Waals surface area contributed by atoms with Gasteiger partial charge in [0, 0.05) is 0 Å². The van der Waals surface area contributed by atoms with Gasteiger partial charge in [0.15, 0.2) is 0 Å². The van der Waals surface area contributed by atoms with Crippen molar-refractivity contribution >= 4 is 5.97 Å². The molecule has 1 saturated carbocycles. The lowest BCUT2D eigenvalue weighted by molar-refractivity contribution is -0.194. The molecule has 3 nitrogen and oxygen atoms in total. The molecule has 0 radical (unpaired) electrons. The summed E-state index contributed by atoms with van der Waals surface area (Å²) in [7, 11) is 0. The third kappa shape index (κ3) is 2.91. The number of carbonyl (C=O) groups excluding carboxylic acids is 1. The van der Waals surface area contributed by atoms with E-state index >= 15 is 0 Å². The topological polar surface area (TPSA) is 52.3 Å². The van der Waals surface area contributed by atoms with Gasteiger partial charge in [-0.05, 0) is 25.7 Å². The van der Waals surface area contributed by atoms with Gasteiger partial charge in [-0.25, -0.2) is 0 Å². The van der Waals surface area contributed by atoms with Crippen LogP contribution in [0, 0.1) is 5.41 Å². The molecule has 0 aliphatic heterocycles. The van der Waals surface area contributed by atoms with E-state index in [0.717, 1.165) is 12.8 Å². The minimum absolute atomic E-state index is 0.0235. The molecule has 0 saturated heterocycles. The van der Waals surface area contributed by atoms with Crippen molar-refractivity contribution in [2.75, 3.05) is 0 Å². The summed E-state index contributed by atoms with van der Waals surface area (Å²) in [5.74, 6) is -0.810. The maximum atomic E-state index is 12.7. The van der Waals surface area contributed by atoms with E-state index in [1.165, 1.54) is 13.8 Å². The van der Waals surface area contributed by atoms with Gasteiger partial charge >= 0.3 is 12.1 Å². The van der Waals surface area contributed by atoms with Crippen LogP contribution in [0.5, 0.6) is 0 Å². The number of halogens is 3. The second-order valence-corrected chi connectivity index (χ2v) is 4.49. The van der Waals surface area contributed by atoms with Crippen molar-refractivity contribution in [2.24, 2.45) is 11.1 Å². The van der Waals surface area contributed by atoms with Crippen molar-refractivity contribution in [3.63, 3.8) is 0 Å². The van der Waals surface area contributed by atoms with E-state index in [9.17, 15) is 18.0 Å². The van der Waals surface area contributed by atoms with E-state index in [1.807, 2.05) is 0 Å². The van der Waals surface area contributed by atoms with Gasteiger partial charge in [0.05, 0.1) is 5.41 Å². The van der Waals surface area contributed by atoms with Crippen molar-refractivity contribution in [1.82, 2.24) is 0 Å². The third-order valence-corrected chi connectivity index (χ3v) is 3.41. The van der Waals surface area contributed by atoms with E-state index in [-0.39, 0.29) is 18.9 Å². The van der Waals surface area contributed by atoms with E-state index in [2.05, 4.69) is 0 Å². The van der Waals surface area contributed by atoms with Crippen molar-refractivity contribution in [3.05, 3.63) is 0 Å². The first-order valence-corrected chi connectivity index (χ1v) is 5.81. The molecule has 0 heterocycles. The summed E-state index contributed by atoms with van der Waals surface area (Å²) in [5.41, 5.74) is 3.57. The molecule has 1 rings (SSSR count). The summed E-state index contributed by atoms with van der Waals surface area (Å²) in [6, 6.07) is -2.17. The fourth-order valence-corrected chi connectivity index (χ4v) is 1.87. The lowest BCUT2D eigenvalue weighted by atomic mass is 9.75. The second-order valence-electron chi connectivity index (χ2n) is 4.49. The van der Waals surface area contributed by atoms with Crippen LogP contribution in [0.2, 0.25) is 0 Å². The molecular formula is C11H18F3NO2. The summed E-state index contributed by atoms with van der Waals surface area (Å²) in [5, 5.41) is 0. The lowest BCUT2D eigenvalue weighted by Crippen LogP contribution is -2.55. The molecule has 0 bridgehead atoms. The molecule has 0 aromatic rings. The number of alkyl halides is 3. The largest absolute Gasteiger partial charge is 0.462 e. The number of hydrogen-bond acceptors (Lipinski definition) is 3. The Hall–Kier alpha value is -0.780. The predicted octanol–water partition coefficient (Wildman–Crippen LogP) is 2.39. The minimum Gasteiger partial charge on any atom is -0.462 e. The van der Waals surface area contributed by atoms with Gasteiger partial charge in [-0.3, -0.25) is 4.79 Å². The van der Waals surface area contributed by atoms with Crippen LogP contribution >= 0.6 is 0 Å². The molecule has 1 atom stereocenters. The van der Waals surface area contributed by atoms with Gasteiger partial charge < -0.3 is 10.5 Å². The Bertz CT molecular complexity index is 283. The number of rotatable bonds is 5. The fraction of sp³-hybridized carbons (Fsp3) is 0.909. The first kappa shape index (κ1) is 14.3. The Balaban J connectivity index is 2.89. The normalized spacial score (nSPS) is 18.9. The summed E-state index contributed by atoms with van der Waals surface area (Å²) in [6.45, 7) is 3.06. The van der Waals surface area contributed by atoms with Crippen molar-refractivity contribution in [3.8, 4) is 0 Å². The zero-order chi connectivity index (χ0) is 13.3. The standard InChI is InChI=1S/C11H18F3NO2/c1-3-10(4-2,8(15)11(12,13)14)9(16)17-7-5-6-7/h7-8H,3-6,15H2,1-2H3/t8-/m1/s1. The molecule has 0 spiro atoms. The van der Waals surface area contributed by atoms with Crippen LogP contribution in [-0.4, -0.2) is 24.3 Å². The molecule has 0 unspecified atom stereocenters. The quantitative estimate of drug-likeness (QED) is 0.765. The Morgan fingerprint density at radius 1 is 1.35 bits per heavy atom. The zero-order valence-electron chi connectivity index (χ0n) is 10.0. The summed E-state index contributed by atoms with van der Waals surface area (Å²) >= 11 is 0. The number of carbonyl (C=O) groups is 1. The Kier molecular flexibility index (Phi) is 4.06. The summed E-state index contributed by atoms with van der Waals surface area (Å²) < 4.78 is 43.1. The van der Waals surface area contributed by atoms with Crippen LogP contribution in [0.1, 0.15) is 39.5 Å². The van der Waals surface area contributed by atoms with Crippen LogP contribution in [0.3, 0.4) is 0 Å². The highest BCUT2D eigenvalue weighted by Crippen LogP contribution is 2.40.